The van der Waals surface area contributed by atoms with Crippen molar-refractivity contribution in [2.75, 3.05) is 5.32 Å². The zero-order valence-electron chi connectivity index (χ0n) is 15.1. The third kappa shape index (κ3) is 5.50. The lowest BCUT2D eigenvalue weighted by molar-refractivity contribution is 0.102. The minimum absolute atomic E-state index is 0.104. The van der Waals surface area contributed by atoms with E-state index in [1.807, 2.05) is 0 Å². The Kier molecular flexibility index (Phi) is 7.00. The molecule has 0 spiro atoms. The molecular weight excluding hydrogens is 474 g/mol. The number of rotatable bonds is 6. The molecule has 0 aliphatic rings. The standard InChI is InChI=1S/C20H14Cl3FN2O3S/c21-14-3-1-2-12(8-14)20(27)26-19-7-6-16(10-18(19)24)30(28,29)25-11-13-4-5-15(22)9-17(13)23/h1-10,25H,11H2,(H,26,27). The fraction of sp³-hybridized carbons (Fsp3) is 0.0500. The van der Waals surface area contributed by atoms with Crippen molar-refractivity contribution in [2.45, 2.75) is 11.4 Å². The van der Waals surface area contributed by atoms with Crippen molar-refractivity contribution in [3.63, 3.8) is 0 Å². The summed E-state index contributed by atoms with van der Waals surface area (Å²) in [5.74, 6) is -1.49. The Morgan fingerprint density at radius 3 is 2.33 bits per heavy atom. The van der Waals surface area contributed by atoms with Crippen molar-refractivity contribution in [1.29, 1.82) is 0 Å². The molecule has 0 heterocycles. The number of amides is 1. The summed E-state index contributed by atoms with van der Waals surface area (Å²) in [6.45, 7) is -0.104. The van der Waals surface area contributed by atoms with Gasteiger partial charge in [-0.2, -0.15) is 0 Å². The number of hydrogen-bond donors (Lipinski definition) is 2. The number of carbonyl (C=O) groups excluding carboxylic acids is 1. The summed E-state index contributed by atoms with van der Waals surface area (Å²) in [7, 11) is -4.02. The van der Waals surface area contributed by atoms with Gasteiger partial charge in [-0.1, -0.05) is 46.9 Å². The molecule has 30 heavy (non-hydrogen) atoms. The van der Waals surface area contributed by atoms with E-state index in [2.05, 4.69) is 10.0 Å². The molecule has 3 rings (SSSR count). The second-order valence-corrected chi connectivity index (χ2v) is 9.21. The van der Waals surface area contributed by atoms with E-state index in [0.717, 1.165) is 6.07 Å². The zero-order valence-corrected chi connectivity index (χ0v) is 18.2. The third-order valence-corrected chi connectivity index (χ3v) is 6.27. The minimum Gasteiger partial charge on any atom is -0.319 e. The Bertz CT molecular complexity index is 1220. The summed E-state index contributed by atoms with van der Waals surface area (Å²) >= 11 is 17.7. The number of nitrogens with one attached hydrogen (secondary N) is 2. The first-order valence-electron chi connectivity index (χ1n) is 8.46. The second kappa shape index (κ2) is 9.32. The van der Waals surface area contributed by atoms with Gasteiger partial charge in [-0.3, -0.25) is 4.79 Å². The molecule has 0 saturated heterocycles. The van der Waals surface area contributed by atoms with Crippen LogP contribution in [-0.4, -0.2) is 14.3 Å². The van der Waals surface area contributed by atoms with E-state index in [0.29, 0.717) is 20.6 Å². The van der Waals surface area contributed by atoms with Gasteiger partial charge in [0.1, 0.15) is 5.82 Å². The van der Waals surface area contributed by atoms with Gasteiger partial charge in [-0.15, -0.1) is 0 Å². The lowest BCUT2D eigenvalue weighted by Gasteiger charge is -2.11. The highest BCUT2D eigenvalue weighted by atomic mass is 35.5. The molecule has 0 radical (unpaired) electrons. The molecule has 3 aromatic rings. The van der Waals surface area contributed by atoms with Crippen LogP contribution in [0.25, 0.3) is 0 Å². The molecule has 0 saturated carbocycles. The third-order valence-electron chi connectivity index (χ3n) is 4.05. The maximum absolute atomic E-state index is 14.4. The molecule has 5 nitrogen and oxygen atoms in total. The van der Waals surface area contributed by atoms with Crippen LogP contribution < -0.4 is 10.0 Å². The van der Waals surface area contributed by atoms with Gasteiger partial charge in [0.15, 0.2) is 0 Å². The highest BCUT2D eigenvalue weighted by Gasteiger charge is 2.18. The van der Waals surface area contributed by atoms with Gasteiger partial charge in [0.25, 0.3) is 5.91 Å². The first kappa shape index (κ1) is 22.5. The zero-order chi connectivity index (χ0) is 21.9. The molecule has 10 heteroatoms. The van der Waals surface area contributed by atoms with Crippen molar-refractivity contribution < 1.29 is 17.6 Å². The Morgan fingerprint density at radius 1 is 0.933 bits per heavy atom. The van der Waals surface area contributed by atoms with Gasteiger partial charge < -0.3 is 5.32 Å². The number of anilines is 1. The van der Waals surface area contributed by atoms with Gasteiger partial charge >= 0.3 is 0 Å². The molecule has 156 valence electrons. The average Bonchev–Trinajstić information content (AvgIpc) is 2.68. The predicted molar refractivity (Wildman–Crippen MR) is 116 cm³/mol. The van der Waals surface area contributed by atoms with E-state index in [4.69, 9.17) is 34.8 Å². The smallest absolute Gasteiger partial charge is 0.255 e. The van der Waals surface area contributed by atoms with E-state index in [9.17, 15) is 17.6 Å². The fourth-order valence-corrected chi connectivity index (χ4v) is 4.19. The van der Waals surface area contributed by atoms with Crippen LogP contribution in [0.2, 0.25) is 15.1 Å². The van der Waals surface area contributed by atoms with E-state index in [1.54, 1.807) is 24.3 Å². The predicted octanol–water partition coefficient (Wildman–Crippen LogP) is 5.52. The van der Waals surface area contributed by atoms with Crippen LogP contribution in [0.4, 0.5) is 10.1 Å². The molecular formula is C20H14Cl3FN2O3S. The van der Waals surface area contributed by atoms with Crippen molar-refractivity contribution in [3.05, 3.63) is 92.7 Å². The normalized spacial score (nSPS) is 11.3. The maximum atomic E-state index is 14.4. The summed E-state index contributed by atoms with van der Waals surface area (Å²) in [4.78, 5) is 11.9. The molecule has 0 bridgehead atoms. The van der Waals surface area contributed by atoms with Crippen molar-refractivity contribution in [2.24, 2.45) is 0 Å². The van der Waals surface area contributed by atoms with Gasteiger partial charge in [0, 0.05) is 27.2 Å². The number of halogens is 4. The van der Waals surface area contributed by atoms with Crippen LogP contribution in [-0.2, 0) is 16.6 Å². The van der Waals surface area contributed by atoms with Crippen LogP contribution in [0.1, 0.15) is 15.9 Å². The van der Waals surface area contributed by atoms with Crippen LogP contribution >= 0.6 is 34.8 Å². The fourth-order valence-electron chi connectivity index (χ4n) is 2.51. The molecule has 0 atom stereocenters. The second-order valence-electron chi connectivity index (χ2n) is 6.17. The molecule has 0 aliphatic heterocycles. The first-order valence-corrected chi connectivity index (χ1v) is 11.1. The molecule has 0 aromatic heterocycles. The molecule has 3 aromatic carbocycles. The molecule has 0 unspecified atom stereocenters. The summed E-state index contributed by atoms with van der Waals surface area (Å²) in [6, 6.07) is 14.0. The monoisotopic (exact) mass is 486 g/mol. The number of hydrogen-bond acceptors (Lipinski definition) is 3. The van der Waals surface area contributed by atoms with Crippen molar-refractivity contribution in [1.82, 2.24) is 4.72 Å². The van der Waals surface area contributed by atoms with E-state index in [-0.39, 0.29) is 22.7 Å². The number of benzene rings is 3. The highest BCUT2D eigenvalue weighted by Crippen LogP contribution is 2.23. The Hall–Kier alpha value is -2.16. The van der Waals surface area contributed by atoms with Gasteiger partial charge in [0.05, 0.1) is 10.6 Å². The van der Waals surface area contributed by atoms with Crippen LogP contribution in [0.5, 0.6) is 0 Å². The molecule has 2 N–H and O–H groups in total. The Balaban J connectivity index is 1.74. The Morgan fingerprint density at radius 2 is 1.67 bits per heavy atom. The molecule has 0 aliphatic carbocycles. The number of sulfonamides is 1. The lowest BCUT2D eigenvalue weighted by atomic mass is 10.2. The summed E-state index contributed by atoms with van der Waals surface area (Å²) in [5.41, 5.74) is 0.579. The van der Waals surface area contributed by atoms with E-state index in [1.165, 1.54) is 30.3 Å². The highest BCUT2D eigenvalue weighted by molar-refractivity contribution is 7.89. The summed E-state index contributed by atoms with van der Waals surface area (Å²) in [5, 5.41) is 3.46. The van der Waals surface area contributed by atoms with Crippen molar-refractivity contribution >= 4 is 56.4 Å². The summed E-state index contributed by atoms with van der Waals surface area (Å²) < 4.78 is 41.7. The maximum Gasteiger partial charge on any atom is 0.255 e. The van der Waals surface area contributed by atoms with Crippen LogP contribution in [0.3, 0.4) is 0 Å². The van der Waals surface area contributed by atoms with Gasteiger partial charge in [0.2, 0.25) is 10.0 Å². The minimum atomic E-state index is -4.02. The average molecular weight is 488 g/mol. The first-order chi connectivity index (χ1) is 14.2. The Labute approximate surface area is 187 Å². The SMILES string of the molecule is O=C(Nc1ccc(S(=O)(=O)NCc2ccc(Cl)cc2Cl)cc1F)c1cccc(Cl)c1. The van der Waals surface area contributed by atoms with E-state index < -0.39 is 21.7 Å². The van der Waals surface area contributed by atoms with Gasteiger partial charge in [-0.05, 0) is 54.1 Å². The largest absolute Gasteiger partial charge is 0.319 e. The van der Waals surface area contributed by atoms with E-state index >= 15 is 0 Å². The van der Waals surface area contributed by atoms with Crippen LogP contribution in [0.15, 0.2) is 65.6 Å². The van der Waals surface area contributed by atoms with Gasteiger partial charge in [-0.25, -0.2) is 17.5 Å². The molecule has 1 amide bonds. The summed E-state index contributed by atoms with van der Waals surface area (Å²) in [6.07, 6.45) is 0. The quantitative estimate of drug-likeness (QED) is 0.481. The molecule has 0 fully saturated rings. The van der Waals surface area contributed by atoms with Crippen LogP contribution in [0, 0.1) is 5.82 Å². The van der Waals surface area contributed by atoms with Crippen molar-refractivity contribution in [3.8, 4) is 0 Å². The number of carbonyl (C=O) groups is 1. The lowest BCUT2D eigenvalue weighted by Crippen LogP contribution is -2.23. The topological polar surface area (TPSA) is 75.3 Å².